The number of rotatable bonds is 1. The van der Waals surface area contributed by atoms with Crippen molar-refractivity contribution < 1.29 is 9.47 Å². The van der Waals surface area contributed by atoms with Gasteiger partial charge in [-0.1, -0.05) is 20.8 Å². The van der Waals surface area contributed by atoms with Crippen molar-refractivity contribution in [2.75, 3.05) is 37.8 Å². The normalized spacial score (nSPS) is 23.2. The Balaban J connectivity index is 1.75. The van der Waals surface area contributed by atoms with Crippen molar-refractivity contribution in [2.24, 2.45) is 0 Å². The summed E-state index contributed by atoms with van der Waals surface area (Å²) in [7, 11) is 0. The van der Waals surface area contributed by atoms with Crippen LogP contribution in [0.2, 0.25) is 0 Å². The van der Waals surface area contributed by atoms with Crippen molar-refractivity contribution in [3.8, 4) is 0 Å². The quantitative estimate of drug-likeness (QED) is 0.795. The van der Waals surface area contributed by atoms with Crippen molar-refractivity contribution in [1.82, 2.24) is 9.36 Å². The first-order chi connectivity index (χ1) is 9.49. The molecular weight excluding hydrogens is 274 g/mol. The van der Waals surface area contributed by atoms with Gasteiger partial charge in [0.25, 0.3) is 0 Å². The lowest BCUT2D eigenvalue weighted by Crippen LogP contribution is -2.54. The molecule has 2 aliphatic heterocycles. The van der Waals surface area contributed by atoms with Gasteiger partial charge in [0.15, 0.2) is 0 Å². The average molecular weight is 297 g/mol. The third-order valence-corrected chi connectivity index (χ3v) is 4.79. The molecule has 1 spiro atoms. The molecule has 2 aliphatic rings. The van der Waals surface area contributed by atoms with Crippen molar-refractivity contribution in [3.63, 3.8) is 0 Å². The van der Waals surface area contributed by atoms with Crippen molar-refractivity contribution in [3.05, 3.63) is 5.82 Å². The second kappa shape index (κ2) is 5.24. The molecule has 0 unspecified atom stereocenters. The van der Waals surface area contributed by atoms with E-state index in [2.05, 4.69) is 30.0 Å². The first kappa shape index (κ1) is 14.2. The molecule has 0 atom stereocenters. The number of aromatic nitrogens is 2. The largest absolute Gasteiger partial charge is 0.381 e. The van der Waals surface area contributed by atoms with E-state index in [4.69, 9.17) is 14.5 Å². The molecule has 0 bridgehead atoms. The van der Waals surface area contributed by atoms with E-state index in [1.807, 2.05) is 0 Å². The summed E-state index contributed by atoms with van der Waals surface area (Å²) in [5.74, 6) is 0.935. The smallest absolute Gasteiger partial charge is 0.205 e. The molecule has 1 aromatic heterocycles. The molecule has 2 fully saturated rings. The number of ether oxygens (including phenoxy) is 2. The Morgan fingerprint density at radius 1 is 1.20 bits per heavy atom. The summed E-state index contributed by atoms with van der Waals surface area (Å²) in [6.07, 6.45) is 1.96. The van der Waals surface area contributed by atoms with Crippen LogP contribution >= 0.6 is 11.5 Å². The van der Waals surface area contributed by atoms with Crippen LogP contribution in [-0.2, 0) is 14.9 Å². The summed E-state index contributed by atoms with van der Waals surface area (Å²) in [6.45, 7) is 10.6. The van der Waals surface area contributed by atoms with Gasteiger partial charge in [-0.05, 0) is 0 Å². The van der Waals surface area contributed by atoms with Crippen molar-refractivity contribution in [2.45, 2.75) is 44.6 Å². The van der Waals surface area contributed by atoms with E-state index < -0.39 is 0 Å². The van der Waals surface area contributed by atoms with Crippen LogP contribution in [0.15, 0.2) is 0 Å². The van der Waals surface area contributed by atoms with E-state index in [0.717, 1.165) is 56.7 Å². The molecule has 0 saturated carbocycles. The summed E-state index contributed by atoms with van der Waals surface area (Å²) >= 11 is 1.51. The fourth-order valence-corrected chi connectivity index (χ4v) is 3.58. The molecule has 3 heterocycles. The van der Waals surface area contributed by atoms with Crippen molar-refractivity contribution in [1.29, 1.82) is 0 Å². The Kier molecular flexibility index (Phi) is 3.73. The molecule has 0 amide bonds. The summed E-state index contributed by atoms with van der Waals surface area (Å²) < 4.78 is 16.0. The zero-order valence-electron chi connectivity index (χ0n) is 12.5. The highest BCUT2D eigenvalue weighted by molar-refractivity contribution is 7.09. The fraction of sp³-hybridized carbons (Fsp3) is 0.857. The average Bonchev–Trinajstić information content (AvgIpc) is 2.89. The van der Waals surface area contributed by atoms with E-state index in [9.17, 15) is 0 Å². The first-order valence-corrected chi connectivity index (χ1v) is 8.07. The molecule has 5 nitrogen and oxygen atoms in total. The fourth-order valence-electron chi connectivity index (χ4n) is 2.70. The van der Waals surface area contributed by atoms with Crippen LogP contribution in [0.3, 0.4) is 0 Å². The maximum atomic E-state index is 6.07. The standard InChI is InChI=1S/C14H23N3O2S/c1-13(2,3)11-15-12(20-16-11)17-6-9-19-14(10-17)4-7-18-8-5-14/h4-10H2,1-3H3. The maximum absolute atomic E-state index is 6.07. The molecule has 0 radical (unpaired) electrons. The van der Waals surface area contributed by atoms with Gasteiger partial charge in [-0.15, -0.1) is 0 Å². The highest BCUT2D eigenvalue weighted by atomic mass is 32.1. The second-order valence-electron chi connectivity index (χ2n) is 6.72. The van der Waals surface area contributed by atoms with Crippen LogP contribution in [0, 0.1) is 0 Å². The van der Waals surface area contributed by atoms with Crippen molar-refractivity contribution >= 4 is 16.7 Å². The predicted molar refractivity (Wildman–Crippen MR) is 79.6 cm³/mol. The lowest BCUT2D eigenvalue weighted by atomic mass is 9.92. The third-order valence-electron chi connectivity index (χ3n) is 4.01. The highest BCUT2D eigenvalue weighted by Crippen LogP contribution is 2.33. The molecular formula is C14H23N3O2S. The van der Waals surface area contributed by atoms with E-state index in [-0.39, 0.29) is 11.0 Å². The predicted octanol–water partition coefficient (Wildman–Crippen LogP) is 2.22. The van der Waals surface area contributed by atoms with Crippen LogP contribution < -0.4 is 4.90 Å². The Morgan fingerprint density at radius 2 is 1.95 bits per heavy atom. The van der Waals surface area contributed by atoms with Gasteiger partial charge in [-0.25, -0.2) is 4.98 Å². The summed E-state index contributed by atoms with van der Waals surface area (Å²) in [6, 6.07) is 0. The van der Waals surface area contributed by atoms with Crippen LogP contribution in [-0.4, -0.2) is 47.9 Å². The lowest BCUT2D eigenvalue weighted by molar-refractivity contribution is -0.116. The lowest BCUT2D eigenvalue weighted by Gasteiger charge is -2.44. The molecule has 112 valence electrons. The molecule has 3 rings (SSSR count). The molecule has 20 heavy (non-hydrogen) atoms. The number of anilines is 1. The minimum Gasteiger partial charge on any atom is -0.381 e. The maximum Gasteiger partial charge on any atom is 0.205 e. The molecule has 0 aliphatic carbocycles. The second-order valence-corrected chi connectivity index (χ2v) is 7.45. The van der Waals surface area contributed by atoms with Crippen LogP contribution in [0.1, 0.15) is 39.4 Å². The van der Waals surface area contributed by atoms with E-state index >= 15 is 0 Å². The molecule has 6 heteroatoms. The topological polar surface area (TPSA) is 47.5 Å². The van der Waals surface area contributed by atoms with E-state index in [0.29, 0.717) is 0 Å². The summed E-state index contributed by atoms with van der Waals surface area (Å²) in [5.41, 5.74) is -0.0263. The van der Waals surface area contributed by atoms with Gasteiger partial charge in [-0.2, -0.15) is 4.37 Å². The molecule has 2 saturated heterocycles. The number of nitrogens with zero attached hydrogens (tertiary/aromatic N) is 3. The molecule has 0 aromatic carbocycles. The molecule has 0 N–H and O–H groups in total. The van der Waals surface area contributed by atoms with Gasteiger partial charge in [0.2, 0.25) is 5.13 Å². The summed E-state index contributed by atoms with van der Waals surface area (Å²) in [5, 5.41) is 1.03. The zero-order chi connectivity index (χ0) is 14.2. The van der Waals surface area contributed by atoms with E-state index in [1.165, 1.54) is 11.5 Å². The van der Waals surface area contributed by atoms with E-state index in [1.54, 1.807) is 0 Å². The SMILES string of the molecule is CC(C)(C)c1nsc(N2CCOC3(CCOCC3)C2)n1. The first-order valence-electron chi connectivity index (χ1n) is 7.29. The Morgan fingerprint density at radius 3 is 2.60 bits per heavy atom. The molecule has 1 aromatic rings. The van der Waals surface area contributed by atoms with Gasteiger partial charge in [0, 0.05) is 56.1 Å². The number of hydrogen-bond donors (Lipinski definition) is 0. The zero-order valence-corrected chi connectivity index (χ0v) is 13.3. The minimum atomic E-state index is -0.0376. The summed E-state index contributed by atoms with van der Waals surface area (Å²) in [4.78, 5) is 7.06. The minimum absolute atomic E-state index is 0.0113. The highest BCUT2D eigenvalue weighted by Gasteiger charge is 2.39. The van der Waals surface area contributed by atoms with Gasteiger partial charge in [0.05, 0.1) is 12.2 Å². The van der Waals surface area contributed by atoms with Gasteiger partial charge in [-0.3, -0.25) is 0 Å². The Hall–Kier alpha value is -0.720. The Labute approximate surface area is 124 Å². The van der Waals surface area contributed by atoms with Crippen LogP contribution in [0.4, 0.5) is 5.13 Å². The monoisotopic (exact) mass is 297 g/mol. The number of morpholine rings is 1. The van der Waals surface area contributed by atoms with Gasteiger partial charge in [0.1, 0.15) is 5.82 Å². The third kappa shape index (κ3) is 2.82. The van der Waals surface area contributed by atoms with Gasteiger partial charge < -0.3 is 14.4 Å². The van der Waals surface area contributed by atoms with Gasteiger partial charge >= 0.3 is 0 Å². The van der Waals surface area contributed by atoms with Crippen LogP contribution in [0.25, 0.3) is 0 Å². The number of hydrogen-bond acceptors (Lipinski definition) is 6. The van der Waals surface area contributed by atoms with Crippen LogP contribution in [0.5, 0.6) is 0 Å². The Bertz CT molecular complexity index is 458.